The van der Waals surface area contributed by atoms with E-state index in [0.717, 1.165) is 12.4 Å². The Morgan fingerprint density at radius 1 is 1.20 bits per heavy atom. The van der Waals surface area contributed by atoms with E-state index < -0.39 is 71.8 Å². The largest absolute Gasteiger partial charge is 0.481 e. The van der Waals surface area contributed by atoms with Crippen molar-refractivity contribution in [2.24, 2.45) is 22.6 Å². The molecule has 40 heavy (non-hydrogen) atoms. The molecule has 1 aromatic rings. The molecule has 0 radical (unpaired) electrons. The number of ketones is 1. The zero-order valence-electron chi connectivity index (χ0n) is 21.7. The standard InChI is InChI=1S/C26H30Cl2F4N4O4/c1-14-8-15(4-5-16(14)24(39)40)35-22(26(30,31)32)17(9-33)23(38)36(13-25(29)6-2-3-7-25)12-20(37)21-18(27)10-34-11-19(21)28/h9-11,14-16H,2-8,12-13,33H2,1H3,(H,39,40)/t14-,15+,16+/m1/s1. The SMILES string of the molecule is C[C@@H]1C[C@@H](N=C(C(=CN)C(=O)N(CC(=O)c2c(Cl)cncc2Cl)CC2(F)CCCC2)C(F)(F)F)CC[C@@H]1C(=O)O. The normalized spacial score (nSPS) is 23.6. The molecule has 0 aliphatic heterocycles. The molecule has 2 saturated carbocycles. The number of Topliss-reactive ketones (excluding diaryl/α,β-unsaturated/α-hetero) is 1. The number of carbonyl (C=O) groups excluding carboxylic acids is 2. The number of hydrogen-bond donors (Lipinski definition) is 2. The van der Waals surface area contributed by atoms with Crippen LogP contribution in [0.4, 0.5) is 17.6 Å². The smallest absolute Gasteiger partial charge is 0.433 e. The lowest BCUT2D eigenvalue weighted by molar-refractivity contribution is -0.144. The number of halogens is 6. The highest BCUT2D eigenvalue weighted by Gasteiger charge is 2.45. The van der Waals surface area contributed by atoms with Crippen LogP contribution >= 0.6 is 23.2 Å². The molecule has 0 bridgehead atoms. The number of carbonyl (C=O) groups is 3. The van der Waals surface area contributed by atoms with Gasteiger partial charge in [0.2, 0.25) is 0 Å². The van der Waals surface area contributed by atoms with Crippen LogP contribution in [0.1, 0.15) is 62.2 Å². The van der Waals surface area contributed by atoms with Gasteiger partial charge >= 0.3 is 12.1 Å². The Morgan fingerprint density at radius 3 is 2.30 bits per heavy atom. The second-order valence-electron chi connectivity index (χ2n) is 10.4. The first-order chi connectivity index (χ1) is 18.7. The summed E-state index contributed by atoms with van der Waals surface area (Å²) >= 11 is 12.1. The summed E-state index contributed by atoms with van der Waals surface area (Å²) < 4.78 is 58.4. The zero-order valence-corrected chi connectivity index (χ0v) is 23.2. The maximum Gasteiger partial charge on any atom is 0.433 e. The van der Waals surface area contributed by atoms with Gasteiger partial charge in [0.15, 0.2) is 11.5 Å². The van der Waals surface area contributed by atoms with Crippen molar-refractivity contribution in [1.29, 1.82) is 0 Å². The Hall–Kier alpha value is -2.73. The third kappa shape index (κ3) is 7.51. The van der Waals surface area contributed by atoms with Gasteiger partial charge in [-0.2, -0.15) is 13.2 Å². The van der Waals surface area contributed by atoms with Gasteiger partial charge in [0.25, 0.3) is 5.91 Å². The van der Waals surface area contributed by atoms with E-state index in [-0.39, 0.29) is 47.7 Å². The maximum atomic E-state index is 15.5. The number of rotatable bonds is 9. The van der Waals surface area contributed by atoms with E-state index >= 15 is 4.39 Å². The Morgan fingerprint density at radius 2 is 1.80 bits per heavy atom. The summed E-state index contributed by atoms with van der Waals surface area (Å²) in [6, 6.07) is -0.920. The first-order valence-electron chi connectivity index (χ1n) is 12.8. The molecule has 14 heteroatoms. The number of nitrogens with zero attached hydrogens (tertiary/aromatic N) is 3. The van der Waals surface area contributed by atoms with Gasteiger partial charge in [-0.3, -0.25) is 24.4 Å². The van der Waals surface area contributed by atoms with Crippen LogP contribution in [-0.4, -0.2) is 69.3 Å². The summed E-state index contributed by atoms with van der Waals surface area (Å²) in [7, 11) is 0. The highest BCUT2D eigenvalue weighted by molar-refractivity contribution is 6.39. The molecule has 2 aliphatic rings. The van der Waals surface area contributed by atoms with Crippen molar-refractivity contribution in [1.82, 2.24) is 9.88 Å². The third-order valence-electron chi connectivity index (χ3n) is 7.42. The number of aliphatic imine (C=N–C) groups is 1. The molecule has 220 valence electrons. The molecular weight excluding hydrogens is 579 g/mol. The number of pyridine rings is 1. The number of aromatic nitrogens is 1. The van der Waals surface area contributed by atoms with Crippen molar-refractivity contribution in [2.45, 2.75) is 69.8 Å². The van der Waals surface area contributed by atoms with E-state index in [1.807, 2.05) is 0 Å². The van der Waals surface area contributed by atoms with Crippen molar-refractivity contribution in [3.63, 3.8) is 0 Å². The summed E-state index contributed by atoms with van der Waals surface area (Å²) in [6.45, 7) is 0.141. The van der Waals surface area contributed by atoms with Gasteiger partial charge in [0, 0.05) is 18.6 Å². The number of carboxylic acids is 1. The molecule has 0 saturated heterocycles. The van der Waals surface area contributed by atoms with Gasteiger partial charge in [-0.1, -0.05) is 43.0 Å². The molecular formula is C26H30Cl2F4N4O4. The Balaban J connectivity index is 1.97. The molecule has 1 heterocycles. The number of hydrogen-bond acceptors (Lipinski definition) is 6. The van der Waals surface area contributed by atoms with Gasteiger partial charge < -0.3 is 15.7 Å². The first-order valence-corrected chi connectivity index (χ1v) is 13.5. The van der Waals surface area contributed by atoms with Crippen LogP contribution in [0.5, 0.6) is 0 Å². The van der Waals surface area contributed by atoms with Crippen molar-refractivity contribution in [3.8, 4) is 0 Å². The first kappa shape index (κ1) is 31.8. The number of amides is 1. The number of alkyl halides is 4. The van der Waals surface area contributed by atoms with Crippen LogP contribution in [0.25, 0.3) is 0 Å². The molecule has 1 amide bonds. The second-order valence-corrected chi connectivity index (χ2v) is 11.2. The molecule has 1 aromatic heterocycles. The van der Waals surface area contributed by atoms with Gasteiger partial charge in [-0.05, 0) is 38.0 Å². The zero-order chi connectivity index (χ0) is 29.8. The average molecular weight is 609 g/mol. The minimum Gasteiger partial charge on any atom is -0.481 e. The number of aliphatic carboxylic acids is 1. The molecule has 3 N–H and O–H groups in total. The van der Waals surface area contributed by atoms with Crippen LogP contribution < -0.4 is 5.73 Å². The van der Waals surface area contributed by atoms with Gasteiger partial charge in [0.05, 0.1) is 46.2 Å². The van der Waals surface area contributed by atoms with Crippen LogP contribution in [0, 0.1) is 11.8 Å². The minimum absolute atomic E-state index is 0.0530. The highest BCUT2D eigenvalue weighted by Crippen LogP contribution is 2.36. The minimum atomic E-state index is -5.12. The third-order valence-corrected chi connectivity index (χ3v) is 7.99. The van der Waals surface area contributed by atoms with E-state index in [1.54, 1.807) is 6.92 Å². The Labute approximate surface area is 238 Å². The number of carboxylic acid groups (broad SMARTS) is 1. The summed E-state index contributed by atoms with van der Waals surface area (Å²) in [5.41, 5.74) is 0.809. The van der Waals surface area contributed by atoms with Gasteiger partial charge in [0.1, 0.15) is 5.67 Å². The fourth-order valence-electron chi connectivity index (χ4n) is 5.39. The van der Waals surface area contributed by atoms with Gasteiger partial charge in [-0.15, -0.1) is 0 Å². The molecule has 3 atom stereocenters. The fourth-order valence-corrected chi connectivity index (χ4v) is 5.97. The molecule has 0 spiro atoms. The second kappa shape index (κ2) is 12.8. The molecule has 2 fully saturated rings. The van der Waals surface area contributed by atoms with Crippen LogP contribution in [0.3, 0.4) is 0 Å². The lowest BCUT2D eigenvalue weighted by Gasteiger charge is -2.32. The highest BCUT2D eigenvalue weighted by atomic mass is 35.5. The summed E-state index contributed by atoms with van der Waals surface area (Å²) in [4.78, 5) is 46.4. The molecule has 0 aromatic carbocycles. The van der Waals surface area contributed by atoms with Crippen LogP contribution in [0.2, 0.25) is 10.0 Å². The van der Waals surface area contributed by atoms with Crippen molar-refractivity contribution in [3.05, 3.63) is 39.8 Å². The molecule has 0 unspecified atom stereocenters. The van der Waals surface area contributed by atoms with E-state index in [2.05, 4.69) is 9.98 Å². The number of nitrogens with two attached hydrogens (primary N) is 1. The fraction of sp³-hybridized carbons (Fsp3) is 0.577. The van der Waals surface area contributed by atoms with Crippen LogP contribution in [-0.2, 0) is 9.59 Å². The van der Waals surface area contributed by atoms with Gasteiger partial charge in [-0.25, -0.2) is 4.39 Å². The maximum absolute atomic E-state index is 15.5. The van der Waals surface area contributed by atoms with Crippen LogP contribution in [0.15, 0.2) is 29.2 Å². The molecule has 3 rings (SSSR count). The molecule has 8 nitrogen and oxygen atoms in total. The Kier molecular flexibility index (Phi) is 10.2. The lowest BCUT2D eigenvalue weighted by atomic mass is 9.78. The summed E-state index contributed by atoms with van der Waals surface area (Å²) in [6.07, 6.45) is -1.01. The Bertz CT molecular complexity index is 1180. The van der Waals surface area contributed by atoms with E-state index in [9.17, 15) is 32.7 Å². The monoisotopic (exact) mass is 608 g/mol. The van der Waals surface area contributed by atoms with E-state index in [4.69, 9.17) is 28.9 Å². The van der Waals surface area contributed by atoms with E-state index in [1.165, 1.54) is 0 Å². The lowest BCUT2D eigenvalue weighted by Crippen LogP contribution is -2.47. The van der Waals surface area contributed by atoms with Crippen molar-refractivity contribution in [2.75, 3.05) is 13.1 Å². The van der Waals surface area contributed by atoms with E-state index in [0.29, 0.717) is 23.9 Å². The molecule has 2 aliphatic carbocycles. The summed E-state index contributed by atoms with van der Waals surface area (Å²) in [5, 5.41) is 9.04. The predicted molar refractivity (Wildman–Crippen MR) is 141 cm³/mol. The average Bonchev–Trinajstić information content (AvgIpc) is 3.28. The quantitative estimate of drug-likeness (QED) is 0.167. The summed E-state index contributed by atoms with van der Waals surface area (Å²) in [5.74, 6) is -4.36. The predicted octanol–water partition coefficient (Wildman–Crippen LogP) is 5.42. The topological polar surface area (TPSA) is 126 Å². The van der Waals surface area contributed by atoms with Crippen molar-refractivity contribution >= 4 is 46.6 Å². The van der Waals surface area contributed by atoms with Crippen molar-refractivity contribution < 1.29 is 37.1 Å².